The normalized spacial score (nSPS) is 20.9. The molecule has 2 fully saturated rings. The number of carbonyl (C=O) groups excluding carboxylic acids is 3. The van der Waals surface area contributed by atoms with Gasteiger partial charge in [0, 0.05) is 17.2 Å². The first-order chi connectivity index (χ1) is 27.8. The predicted octanol–water partition coefficient (Wildman–Crippen LogP) is 8.59. The second kappa shape index (κ2) is 17.4. The van der Waals surface area contributed by atoms with Crippen molar-refractivity contribution in [1.82, 2.24) is 15.2 Å². The Balaban J connectivity index is 0.968. The molecule has 2 saturated heterocycles. The molecule has 0 aliphatic carbocycles. The molecule has 0 radical (unpaired) electrons. The first kappa shape index (κ1) is 38.5. The van der Waals surface area contributed by atoms with Crippen LogP contribution in [0.25, 0.3) is 21.3 Å². The van der Waals surface area contributed by atoms with Crippen molar-refractivity contribution in [2.45, 2.75) is 62.0 Å². The van der Waals surface area contributed by atoms with Gasteiger partial charge in [-0.25, -0.2) is 9.78 Å². The molecule has 57 heavy (non-hydrogen) atoms. The van der Waals surface area contributed by atoms with Crippen molar-refractivity contribution >= 4 is 51.2 Å². The highest BCUT2D eigenvalue weighted by Gasteiger charge is 2.40. The quantitative estimate of drug-likeness (QED) is 0.0925. The summed E-state index contributed by atoms with van der Waals surface area (Å²) in [5.74, 6) is -0.125. The first-order valence-electron chi connectivity index (χ1n) is 18.8. The fourth-order valence-electron chi connectivity index (χ4n) is 7.14. The number of hydrogen-bond donors (Lipinski definition) is 2. The number of hydrogen-bond acceptors (Lipinski definition) is 10. The van der Waals surface area contributed by atoms with Crippen LogP contribution in [0, 0.1) is 5.92 Å². The number of imide groups is 1. The number of amides is 3. The maximum Gasteiger partial charge on any atom is 0.408 e. The third kappa shape index (κ3) is 8.96. The van der Waals surface area contributed by atoms with Gasteiger partial charge in [-0.05, 0) is 57.6 Å². The van der Waals surface area contributed by atoms with E-state index in [0.29, 0.717) is 5.75 Å². The number of nitrogens with zero attached hydrogens (tertiary/aromatic N) is 2. The second-order valence-electron chi connectivity index (χ2n) is 14.2. The number of likely N-dealkylation sites (tertiary alicyclic amines) is 1. The van der Waals surface area contributed by atoms with Crippen LogP contribution < -0.4 is 5.32 Å². The summed E-state index contributed by atoms with van der Waals surface area (Å²) in [6.07, 6.45) is -1.96. The van der Waals surface area contributed by atoms with E-state index in [1.807, 2.05) is 115 Å². The van der Waals surface area contributed by atoms with E-state index < -0.39 is 24.3 Å². The molecule has 6 aromatic rings. The van der Waals surface area contributed by atoms with Crippen molar-refractivity contribution in [1.29, 1.82) is 0 Å². The van der Waals surface area contributed by atoms with Crippen LogP contribution in [0.15, 0.2) is 132 Å². The molecule has 290 valence electrons. The number of carbonyl (C=O) groups is 3. The molecular weight excluding hydrogens is 759 g/mol. The average Bonchev–Trinajstić information content (AvgIpc) is 3.78. The molecule has 3 heterocycles. The van der Waals surface area contributed by atoms with E-state index in [0.717, 1.165) is 53.5 Å². The Labute approximate surface area is 338 Å². The Bertz CT molecular complexity index is 2340. The van der Waals surface area contributed by atoms with Crippen LogP contribution in [-0.4, -0.2) is 50.8 Å². The van der Waals surface area contributed by atoms with E-state index in [9.17, 15) is 19.5 Å². The minimum Gasteiger partial charge on any atom is -0.445 e. The van der Waals surface area contributed by atoms with Crippen molar-refractivity contribution in [2.75, 3.05) is 5.75 Å². The molecular formula is C45H41N3O7S2. The zero-order valence-electron chi connectivity index (χ0n) is 31.2. The van der Waals surface area contributed by atoms with E-state index in [4.69, 9.17) is 19.2 Å². The molecule has 2 aliphatic rings. The van der Waals surface area contributed by atoms with Gasteiger partial charge >= 0.3 is 6.09 Å². The minimum atomic E-state index is -0.987. The molecule has 5 atom stereocenters. The summed E-state index contributed by atoms with van der Waals surface area (Å²) >= 11 is 3.37. The van der Waals surface area contributed by atoms with Crippen molar-refractivity contribution in [3.05, 3.63) is 155 Å². The standard InChI is InChI=1S/C45H41N3O7S2/c1-28-38(27-56-45-47-36-15-5-6-16-39(36)57-45)54-43(55-41(28)32-19-17-29(25-49)18-20-32)35-14-8-13-34(22-35)33-12-7-11-31(21-33)24-48-40(50)23-37(42(48)51)46-44(52)53-26-30-9-3-2-4-10-30/h2-22,28,37-38,41,43,49H,23-27H2,1H3,(H,46,52)/t28-,37?,38+,41+,43+/m0/s1. The number of para-hydroxylation sites is 1. The number of fused-ring (bicyclic) bond motifs is 1. The SMILES string of the molecule is C[C@H]1[C@@H](CSc2nc3ccccc3s2)O[C@@H](c2cccc(-c3cccc(CN4C(=O)CC(NC(=O)OCc5ccccc5)C4=O)c3)c2)O[C@H]1c1ccc(CO)cc1. The van der Waals surface area contributed by atoms with Crippen LogP contribution in [0.5, 0.6) is 0 Å². The van der Waals surface area contributed by atoms with Gasteiger partial charge in [0.1, 0.15) is 12.6 Å². The van der Waals surface area contributed by atoms with E-state index in [2.05, 4.69) is 24.4 Å². The zero-order valence-corrected chi connectivity index (χ0v) is 32.8. The first-order valence-corrected chi connectivity index (χ1v) is 20.6. The van der Waals surface area contributed by atoms with Gasteiger partial charge in [-0.2, -0.15) is 0 Å². The fraction of sp³-hybridized carbons (Fsp3) is 0.244. The Hall–Kier alpha value is -5.37. The number of benzene rings is 5. The molecule has 0 spiro atoms. The molecule has 10 nitrogen and oxygen atoms in total. The van der Waals surface area contributed by atoms with Crippen LogP contribution in [0.2, 0.25) is 0 Å². The Morgan fingerprint density at radius 3 is 2.39 bits per heavy atom. The van der Waals surface area contributed by atoms with Crippen molar-refractivity contribution < 1.29 is 33.7 Å². The van der Waals surface area contributed by atoms with E-state index in [1.54, 1.807) is 23.1 Å². The average molecular weight is 800 g/mol. The van der Waals surface area contributed by atoms with Gasteiger partial charge in [0.2, 0.25) is 5.91 Å². The zero-order chi connectivity index (χ0) is 39.3. The Morgan fingerprint density at radius 1 is 0.860 bits per heavy atom. The lowest BCUT2D eigenvalue weighted by Gasteiger charge is -2.41. The van der Waals surface area contributed by atoms with E-state index in [1.165, 1.54) is 4.90 Å². The lowest BCUT2D eigenvalue weighted by molar-refractivity contribution is -0.268. The molecule has 12 heteroatoms. The van der Waals surface area contributed by atoms with Crippen LogP contribution in [-0.2, 0) is 43.6 Å². The molecule has 5 aromatic carbocycles. The number of nitrogens with one attached hydrogen (secondary N) is 1. The molecule has 3 amide bonds. The summed E-state index contributed by atoms with van der Waals surface area (Å²) in [6.45, 7) is 2.25. The Morgan fingerprint density at radius 2 is 1.60 bits per heavy atom. The smallest absolute Gasteiger partial charge is 0.408 e. The number of thiazole rings is 1. The van der Waals surface area contributed by atoms with Crippen LogP contribution in [0.4, 0.5) is 4.79 Å². The lowest BCUT2D eigenvalue weighted by atomic mass is 9.91. The van der Waals surface area contributed by atoms with Crippen molar-refractivity contribution in [3.63, 3.8) is 0 Å². The van der Waals surface area contributed by atoms with Gasteiger partial charge in [-0.15, -0.1) is 11.3 Å². The number of aliphatic hydroxyl groups is 1. The number of aromatic nitrogens is 1. The van der Waals surface area contributed by atoms with Crippen LogP contribution >= 0.6 is 23.1 Å². The summed E-state index contributed by atoms with van der Waals surface area (Å²) < 4.78 is 20.9. The van der Waals surface area contributed by atoms with Crippen molar-refractivity contribution in [2.24, 2.45) is 5.92 Å². The number of aliphatic hydroxyl groups excluding tert-OH is 1. The Kier molecular flexibility index (Phi) is 11.8. The predicted molar refractivity (Wildman–Crippen MR) is 219 cm³/mol. The van der Waals surface area contributed by atoms with Gasteiger partial charge < -0.3 is 24.6 Å². The molecule has 2 N–H and O–H groups in total. The van der Waals surface area contributed by atoms with Gasteiger partial charge in [0.15, 0.2) is 10.6 Å². The topological polar surface area (TPSA) is 127 Å². The van der Waals surface area contributed by atoms with Crippen LogP contribution in [0.3, 0.4) is 0 Å². The van der Waals surface area contributed by atoms with Gasteiger partial charge in [0.25, 0.3) is 5.91 Å². The number of thioether (sulfide) groups is 1. The molecule has 2 aliphatic heterocycles. The largest absolute Gasteiger partial charge is 0.445 e. The summed E-state index contributed by atoms with van der Waals surface area (Å²) in [5, 5.41) is 12.2. The molecule has 0 saturated carbocycles. The summed E-state index contributed by atoms with van der Waals surface area (Å²) in [6, 6.07) is 40.0. The second-order valence-corrected chi connectivity index (χ2v) is 16.5. The highest BCUT2D eigenvalue weighted by molar-refractivity contribution is 8.01. The number of rotatable bonds is 12. The molecule has 1 aromatic heterocycles. The van der Waals surface area contributed by atoms with Crippen molar-refractivity contribution in [3.8, 4) is 11.1 Å². The third-order valence-electron chi connectivity index (χ3n) is 10.3. The minimum absolute atomic E-state index is 0.0220. The highest BCUT2D eigenvalue weighted by Crippen LogP contribution is 2.44. The summed E-state index contributed by atoms with van der Waals surface area (Å²) in [5.41, 5.74) is 7.10. The van der Waals surface area contributed by atoms with Crippen LogP contribution in [0.1, 0.15) is 53.6 Å². The monoisotopic (exact) mass is 799 g/mol. The van der Waals surface area contributed by atoms with Gasteiger partial charge in [-0.1, -0.05) is 122 Å². The fourth-order valence-corrected chi connectivity index (χ4v) is 9.40. The molecule has 8 rings (SSSR count). The van der Waals surface area contributed by atoms with E-state index in [-0.39, 0.29) is 50.2 Å². The number of ether oxygens (including phenoxy) is 3. The molecule has 1 unspecified atom stereocenters. The van der Waals surface area contributed by atoms with E-state index >= 15 is 0 Å². The van der Waals surface area contributed by atoms with Gasteiger partial charge in [-0.3, -0.25) is 14.5 Å². The number of alkyl carbamates (subject to hydrolysis) is 1. The highest BCUT2D eigenvalue weighted by atomic mass is 32.2. The maximum atomic E-state index is 13.3. The summed E-state index contributed by atoms with van der Waals surface area (Å²) in [7, 11) is 0. The third-order valence-corrected chi connectivity index (χ3v) is 12.5. The lowest BCUT2D eigenvalue weighted by Crippen LogP contribution is -2.41. The maximum absolute atomic E-state index is 13.3. The molecule has 0 bridgehead atoms. The summed E-state index contributed by atoms with van der Waals surface area (Å²) in [4.78, 5) is 44.7. The van der Waals surface area contributed by atoms with Gasteiger partial charge in [0.05, 0.1) is 42.0 Å².